The molecular formula is C11H16N4OS. The van der Waals surface area contributed by atoms with Crippen LogP contribution in [0.15, 0.2) is 24.7 Å². The molecule has 0 aliphatic heterocycles. The molecule has 0 aromatic carbocycles. The molecule has 0 aliphatic rings. The molecule has 92 valence electrons. The molecule has 0 radical (unpaired) electrons. The Morgan fingerprint density at radius 1 is 1.53 bits per heavy atom. The summed E-state index contributed by atoms with van der Waals surface area (Å²) in [6.07, 6.45) is 7.25. The standard InChI is InChI=1S/C11H16N4OS/c1-8(10(7-16)17-2)14-11-9-3-4-13-15(9)6-5-12-11/h3-6,8,10,16H,7H2,1-2H3,(H,12,14). The maximum Gasteiger partial charge on any atom is 0.152 e. The summed E-state index contributed by atoms with van der Waals surface area (Å²) in [5.74, 6) is 0.796. The number of nitrogens with zero attached hydrogens (tertiary/aromatic N) is 3. The number of rotatable bonds is 5. The van der Waals surface area contributed by atoms with Crippen molar-refractivity contribution >= 4 is 23.1 Å². The van der Waals surface area contributed by atoms with Crippen molar-refractivity contribution in [2.24, 2.45) is 0 Å². The van der Waals surface area contributed by atoms with Crippen LogP contribution in [0.5, 0.6) is 0 Å². The zero-order valence-corrected chi connectivity index (χ0v) is 10.7. The molecule has 2 aromatic rings. The van der Waals surface area contributed by atoms with Gasteiger partial charge in [0.2, 0.25) is 0 Å². The van der Waals surface area contributed by atoms with Crippen molar-refractivity contribution in [3.05, 3.63) is 24.7 Å². The molecule has 0 fully saturated rings. The van der Waals surface area contributed by atoms with E-state index in [0.717, 1.165) is 11.3 Å². The minimum absolute atomic E-state index is 0.142. The van der Waals surface area contributed by atoms with Gasteiger partial charge in [0.1, 0.15) is 5.52 Å². The van der Waals surface area contributed by atoms with E-state index in [0.29, 0.717) is 0 Å². The molecule has 0 spiro atoms. The maximum atomic E-state index is 9.25. The summed E-state index contributed by atoms with van der Waals surface area (Å²) in [6.45, 7) is 2.19. The van der Waals surface area contributed by atoms with Gasteiger partial charge in [0.05, 0.1) is 12.8 Å². The summed E-state index contributed by atoms with van der Waals surface area (Å²) in [5, 5.41) is 16.9. The molecular weight excluding hydrogens is 236 g/mol. The summed E-state index contributed by atoms with van der Waals surface area (Å²) in [4.78, 5) is 4.31. The monoisotopic (exact) mass is 252 g/mol. The molecule has 5 nitrogen and oxygen atoms in total. The Kier molecular flexibility index (Phi) is 3.86. The van der Waals surface area contributed by atoms with Crippen molar-refractivity contribution in [2.45, 2.75) is 18.2 Å². The number of aliphatic hydroxyl groups is 1. The number of nitrogens with one attached hydrogen (secondary N) is 1. The lowest BCUT2D eigenvalue weighted by Crippen LogP contribution is -2.31. The SMILES string of the molecule is CSC(CO)C(C)Nc1nccn2nccc12. The van der Waals surface area contributed by atoms with Gasteiger partial charge in [-0.2, -0.15) is 16.9 Å². The highest BCUT2D eigenvalue weighted by molar-refractivity contribution is 7.99. The van der Waals surface area contributed by atoms with Crippen LogP contribution in [0.3, 0.4) is 0 Å². The molecule has 6 heteroatoms. The van der Waals surface area contributed by atoms with E-state index in [4.69, 9.17) is 0 Å². The van der Waals surface area contributed by atoms with E-state index < -0.39 is 0 Å². The van der Waals surface area contributed by atoms with Crippen molar-refractivity contribution in [3.63, 3.8) is 0 Å². The molecule has 2 aromatic heterocycles. The Balaban J connectivity index is 2.20. The number of thioether (sulfide) groups is 1. The molecule has 2 atom stereocenters. The third-order valence-corrected chi connectivity index (χ3v) is 3.89. The van der Waals surface area contributed by atoms with Crippen LogP contribution in [0.4, 0.5) is 5.82 Å². The molecule has 0 bridgehead atoms. The molecule has 2 N–H and O–H groups in total. The van der Waals surface area contributed by atoms with Gasteiger partial charge in [-0.15, -0.1) is 0 Å². The van der Waals surface area contributed by atoms with E-state index in [1.54, 1.807) is 28.7 Å². The largest absolute Gasteiger partial charge is 0.395 e. The van der Waals surface area contributed by atoms with E-state index in [1.165, 1.54) is 0 Å². The third-order valence-electron chi connectivity index (χ3n) is 2.73. The second-order valence-corrected chi connectivity index (χ2v) is 4.90. The predicted molar refractivity (Wildman–Crippen MR) is 70.5 cm³/mol. The first-order valence-corrected chi connectivity index (χ1v) is 6.73. The predicted octanol–water partition coefficient (Wildman–Crippen LogP) is 1.25. The molecule has 2 heterocycles. The quantitative estimate of drug-likeness (QED) is 0.838. The van der Waals surface area contributed by atoms with Crippen LogP contribution in [-0.2, 0) is 0 Å². The molecule has 0 saturated heterocycles. The topological polar surface area (TPSA) is 62.5 Å². The highest BCUT2D eigenvalue weighted by atomic mass is 32.2. The van der Waals surface area contributed by atoms with Crippen LogP contribution < -0.4 is 5.32 Å². The molecule has 0 saturated carbocycles. The van der Waals surface area contributed by atoms with Crippen molar-refractivity contribution in [1.82, 2.24) is 14.6 Å². The van der Waals surface area contributed by atoms with E-state index >= 15 is 0 Å². The zero-order chi connectivity index (χ0) is 12.3. The Bertz CT molecular complexity index is 483. The Hall–Kier alpha value is -1.27. The molecule has 0 amide bonds. The fourth-order valence-electron chi connectivity index (χ4n) is 1.71. The van der Waals surface area contributed by atoms with E-state index in [1.807, 2.05) is 25.4 Å². The maximum absolute atomic E-state index is 9.25. The van der Waals surface area contributed by atoms with Gasteiger partial charge >= 0.3 is 0 Å². The van der Waals surface area contributed by atoms with Gasteiger partial charge in [0, 0.05) is 23.7 Å². The molecule has 0 aliphatic carbocycles. The number of fused-ring (bicyclic) bond motifs is 1. The van der Waals surface area contributed by atoms with Gasteiger partial charge in [-0.05, 0) is 19.2 Å². The van der Waals surface area contributed by atoms with Gasteiger partial charge in [-0.3, -0.25) is 0 Å². The van der Waals surface area contributed by atoms with Crippen LogP contribution >= 0.6 is 11.8 Å². The highest BCUT2D eigenvalue weighted by Crippen LogP contribution is 2.18. The average Bonchev–Trinajstić information content (AvgIpc) is 2.80. The van der Waals surface area contributed by atoms with E-state index in [9.17, 15) is 5.11 Å². The smallest absolute Gasteiger partial charge is 0.152 e. The van der Waals surface area contributed by atoms with Gasteiger partial charge in [0.15, 0.2) is 5.82 Å². The summed E-state index contributed by atoms with van der Waals surface area (Å²) in [6, 6.07) is 2.05. The van der Waals surface area contributed by atoms with Crippen LogP contribution in [0.1, 0.15) is 6.92 Å². The van der Waals surface area contributed by atoms with Crippen molar-refractivity contribution in [1.29, 1.82) is 0 Å². The normalized spacial score (nSPS) is 14.8. The first-order valence-electron chi connectivity index (χ1n) is 5.44. The minimum atomic E-state index is 0.142. The van der Waals surface area contributed by atoms with Crippen molar-refractivity contribution in [2.75, 3.05) is 18.2 Å². The minimum Gasteiger partial charge on any atom is -0.395 e. The van der Waals surface area contributed by atoms with Crippen LogP contribution in [0.2, 0.25) is 0 Å². The molecule has 2 rings (SSSR count). The van der Waals surface area contributed by atoms with Crippen molar-refractivity contribution in [3.8, 4) is 0 Å². The van der Waals surface area contributed by atoms with Crippen LogP contribution in [-0.4, -0.2) is 43.9 Å². The number of hydrogen-bond acceptors (Lipinski definition) is 5. The average molecular weight is 252 g/mol. The second-order valence-electron chi connectivity index (χ2n) is 3.83. The summed E-state index contributed by atoms with van der Waals surface area (Å²) < 4.78 is 1.77. The molecule has 17 heavy (non-hydrogen) atoms. The Morgan fingerprint density at radius 3 is 3.06 bits per heavy atom. The molecule has 2 unspecified atom stereocenters. The second kappa shape index (κ2) is 5.37. The summed E-state index contributed by atoms with van der Waals surface area (Å²) in [7, 11) is 0. The lowest BCUT2D eigenvalue weighted by Gasteiger charge is -2.22. The number of anilines is 1. The van der Waals surface area contributed by atoms with Gasteiger partial charge < -0.3 is 10.4 Å². The fraction of sp³-hybridized carbons (Fsp3) is 0.455. The van der Waals surface area contributed by atoms with Gasteiger partial charge in [-0.25, -0.2) is 9.50 Å². The number of aliphatic hydroxyl groups excluding tert-OH is 1. The van der Waals surface area contributed by atoms with Crippen LogP contribution in [0, 0.1) is 0 Å². The zero-order valence-electron chi connectivity index (χ0n) is 9.87. The van der Waals surface area contributed by atoms with E-state index in [-0.39, 0.29) is 17.9 Å². The third kappa shape index (κ3) is 2.53. The van der Waals surface area contributed by atoms with Crippen LogP contribution in [0.25, 0.3) is 5.52 Å². The van der Waals surface area contributed by atoms with Crippen molar-refractivity contribution < 1.29 is 5.11 Å². The lowest BCUT2D eigenvalue weighted by atomic mass is 10.2. The van der Waals surface area contributed by atoms with E-state index in [2.05, 4.69) is 15.4 Å². The Labute approximate surface area is 104 Å². The number of hydrogen-bond donors (Lipinski definition) is 2. The summed E-state index contributed by atoms with van der Waals surface area (Å²) in [5.41, 5.74) is 0.942. The highest BCUT2D eigenvalue weighted by Gasteiger charge is 2.16. The summed E-state index contributed by atoms with van der Waals surface area (Å²) >= 11 is 1.64. The fourth-order valence-corrected chi connectivity index (χ4v) is 2.34. The number of aromatic nitrogens is 3. The van der Waals surface area contributed by atoms with Gasteiger partial charge in [-0.1, -0.05) is 0 Å². The van der Waals surface area contributed by atoms with Gasteiger partial charge in [0.25, 0.3) is 0 Å². The first-order chi connectivity index (χ1) is 8.26. The first kappa shape index (κ1) is 12.2. The Morgan fingerprint density at radius 2 is 2.35 bits per heavy atom. The lowest BCUT2D eigenvalue weighted by molar-refractivity contribution is 0.288.